The Morgan fingerprint density at radius 1 is 1.15 bits per heavy atom. The van der Waals surface area contributed by atoms with Crippen LogP contribution >= 0.6 is 24.0 Å². The molecule has 0 atom stereocenters. The van der Waals surface area contributed by atoms with Crippen LogP contribution in [-0.4, -0.2) is 33.3 Å². The lowest BCUT2D eigenvalue weighted by Gasteiger charge is -2.14. The molecule has 2 aromatic carbocycles. The van der Waals surface area contributed by atoms with Gasteiger partial charge in [-0.1, -0.05) is 18.2 Å². The van der Waals surface area contributed by atoms with E-state index in [0.717, 1.165) is 5.69 Å². The maximum atomic E-state index is 13.6. The summed E-state index contributed by atoms with van der Waals surface area (Å²) >= 11 is 0. The fourth-order valence-corrected chi connectivity index (χ4v) is 2.36. The van der Waals surface area contributed by atoms with Gasteiger partial charge in [0.1, 0.15) is 5.82 Å². The van der Waals surface area contributed by atoms with Crippen LogP contribution in [0.4, 0.5) is 10.1 Å². The molecule has 2 N–H and O–H groups in total. The molecule has 0 amide bonds. The summed E-state index contributed by atoms with van der Waals surface area (Å²) in [7, 11) is 3.29. The summed E-state index contributed by atoms with van der Waals surface area (Å²) in [4.78, 5) is 4.18. The minimum absolute atomic E-state index is 0. The van der Waals surface area contributed by atoms with Crippen LogP contribution in [0.25, 0.3) is 0 Å². The number of ether oxygens (including phenoxy) is 2. The van der Waals surface area contributed by atoms with Crippen molar-refractivity contribution in [3.8, 4) is 11.5 Å². The van der Waals surface area contributed by atoms with Crippen LogP contribution in [0.2, 0.25) is 0 Å². The summed E-state index contributed by atoms with van der Waals surface area (Å²) in [5.41, 5.74) is 1.50. The van der Waals surface area contributed by atoms with Gasteiger partial charge in [0.25, 0.3) is 0 Å². The predicted octanol–water partition coefficient (Wildman–Crippen LogP) is 4.08. The Hall–Kier alpha value is -2.03. The molecule has 0 radical (unpaired) electrons. The van der Waals surface area contributed by atoms with Gasteiger partial charge in [-0.05, 0) is 37.1 Å². The maximum absolute atomic E-state index is 13.6. The number of rotatable bonds is 7. The van der Waals surface area contributed by atoms with Crippen molar-refractivity contribution >= 4 is 35.6 Å². The quantitative estimate of drug-likeness (QED) is 0.362. The SMILES string of the molecule is CCOc1cc(NC(=NC)NCCc2ccccc2F)ccc1OC.I. The summed E-state index contributed by atoms with van der Waals surface area (Å²) in [5.74, 6) is 1.75. The molecule has 0 heterocycles. The third-order valence-corrected chi connectivity index (χ3v) is 3.59. The van der Waals surface area contributed by atoms with E-state index in [4.69, 9.17) is 9.47 Å². The van der Waals surface area contributed by atoms with E-state index in [-0.39, 0.29) is 29.8 Å². The first-order valence-electron chi connectivity index (χ1n) is 8.19. The monoisotopic (exact) mass is 473 g/mol. The molecule has 142 valence electrons. The lowest BCUT2D eigenvalue weighted by molar-refractivity contribution is 0.311. The molecular weight excluding hydrogens is 448 g/mol. The van der Waals surface area contributed by atoms with E-state index < -0.39 is 0 Å². The van der Waals surface area contributed by atoms with E-state index in [1.54, 1.807) is 26.3 Å². The van der Waals surface area contributed by atoms with Crippen LogP contribution in [0.1, 0.15) is 12.5 Å². The van der Waals surface area contributed by atoms with Gasteiger partial charge in [0, 0.05) is 25.3 Å². The second kappa shape index (κ2) is 11.6. The molecule has 7 heteroatoms. The highest BCUT2D eigenvalue weighted by Gasteiger charge is 2.07. The number of aliphatic imine (C=N–C) groups is 1. The van der Waals surface area contributed by atoms with Crippen molar-refractivity contribution in [1.29, 1.82) is 0 Å². The minimum atomic E-state index is -0.191. The molecular formula is C19H25FIN3O2. The second-order valence-corrected chi connectivity index (χ2v) is 5.26. The lowest BCUT2D eigenvalue weighted by atomic mass is 10.1. The van der Waals surface area contributed by atoms with Gasteiger partial charge in [-0.25, -0.2) is 4.39 Å². The number of nitrogens with zero attached hydrogens (tertiary/aromatic N) is 1. The molecule has 0 saturated carbocycles. The molecule has 2 aromatic rings. The fourth-order valence-electron chi connectivity index (χ4n) is 2.36. The molecule has 0 fully saturated rings. The van der Waals surface area contributed by atoms with E-state index in [1.165, 1.54) is 6.07 Å². The van der Waals surface area contributed by atoms with Crippen LogP contribution in [0, 0.1) is 5.82 Å². The number of methoxy groups -OCH3 is 1. The van der Waals surface area contributed by atoms with Crippen LogP contribution in [0.3, 0.4) is 0 Å². The van der Waals surface area contributed by atoms with Gasteiger partial charge >= 0.3 is 0 Å². The molecule has 0 bridgehead atoms. The highest BCUT2D eigenvalue weighted by atomic mass is 127. The summed E-state index contributed by atoms with van der Waals surface area (Å²) in [5, 5.41) is 6.36. The van der Waals surface area contributed by atoms with Crippen molar-refractivity contribution in [2.24, 2.45) is 4.99 Å². The van der Waals surface area contributed by atoms with Crippen molar-refractivity contribution in [3.63, 3.8) is 0 Å². The molecule has 26 heavy (non-hydrogen) atoms. The Kier molecular flexibility index (Phi) is 9.79. The van der Waals surface area contributed by atoms with Gasteiger partial charge in [-0.3, -0.25) is 4.99 Å². The third kappa shape index (κ3) is 6.36. The average molecular weight is 473 g/mol. The van der Waals surface area contributed by atoms with Crippen molar-refractivity contribution in [3.05, 3.63) is 53.8 Å². The molecule has 0 aromatic heterocycles. The molecule has 0 aliphatic heterocycles. The smallest absolute Gasteiger partial charge is 0.195 e. The summed E-state index contributed by atoms with van der Waals surface area (Å²) in [6, 6.07) is 12.3. The zero-order valence-electron chi connectivity index (χ0n) is 15.2. The van der Waals surface area contributed by atoms with Gasteiger partial charge in [0.05, 0.1) is 13.7 Å². The number of hydrogen-bond acceptors (Lipinski definition) is 3. The van der Waals surface area contributed by atoms with Crippen LogP contribution < -0.4 is 20.1 Å². The van der Waals surface area contributed by atoms with Crippen molar-refractivity contribution in [1.82, 2.24) is 5.32 Å². The Morgan fingerprint density at radius 2 is 1.92 bits per heavy atom. The molecule has 0 aliphatic rings. The van der Waals surface area contributed by atoms with Crippen LogP contribution in [-0.2, 0) is 6.42 Å². The van der Waals surface area contributed by atoms with E-state index in [9.17, 15) is 4.39 Å². The zero-order chi connectivity index (χ0) is 18.1. The van der Waals surface area contributed by atoms with Gasteiger partial charge in [0.2, 0.25) is 0 Å². The number of hydrogen-bond donors (Lipinski definition) is 2. The van der Waals surface area contributed by atoms with Gasteiger partial charge < -0.3 is 20.1 Å². The van der Waals surface area contributed by atoms with Gasteiger partial charge in [-0.15, -0.1) is 24.0 Å². The Labute approximate surface area is 171 Å². The summed E-state index contributed by atoms with van der Waals surface area (Å²) < 4.78 is 24.5. The Morgan fingerprint density at radius 3 is 2.58 bits per heavy atom. The third-order valence-electron chi connectivity index (χ3n) is 3.59. The largest absolute Gasteiger partial charge is 0.493 e. The van der Waals surface area contributed by atoms with E-state index in [2.05, 4.69) is 15.6 Å². The van der Waals surface area contributed by atoms with E-state index >= 15 is 0 Å². The topological polar surface area (TPSA) is 54.9 Å². The number of anilines is 1. The standard InChI is InChI=1S/C19H24FN3O2.HI/c1-4-25-18-13-15(9-10-17(18)24-3)23-19(21-2)22-12-11-14-7-5-6-8-16(14)20;/h5-10,13H,4,11-12H2,1-3H3,(H2,21,22,23);1H. The molecule has 0 aliphatic carbocycles. The predicted molar refractivity (Wildman–Crippen MR) is 115 cm³/mol. The second-order valence-electron chi connectivity index (χ2n) is 5.26. The van der Waals surface area contributed by atoms with E-state index in [0.29, 0.717) is 42.6 Å². The average Bonchev–Trinajstić information content (AvgIpc) is 2.63. The number of nitrogens with one attached hydrogen (secondary N) is 2. The molecule has 0 spiro atoms. The first kappa shape index (κ1) is 22.0. The Bertz CT molecular complexity index is 726. The molecule has 2 rings (SSSR count). The van der Waals surface area contributed by atoms with Crippen LogP contribution in [0.5, 0.6) is 11.5 Å². The Balaban J connectivity index is 0.00000338. The molecule has 0 unspecified atom stereocenters. The number of guanidine groups is 1. The highest BCUT2D eigenvalue weighted by molar-refractivity contribution is 14.0. The van der Waals surface area contributed by atoms with Crippen molar-refractivity contribution < 1.29 is 13.9 Å². The minimum Gasteiger partial charge on any atom is -0.493 e. The fraction of sp³-hybridized carbons (Fsp3) is 0.316. The maximum Gasteiger partial charge on any atom is 0.195 e. The van der Waals surface area contributed by atoms with Crippen molar-refractivity contribution in [2.75, 3.05) is 32.6 Å². The van der Waals surface area contributed by atoms with Crippen LogP contribution in [0.15, 0.2) is 47.5 Å². The number of halogens is 2. The number of benzene rings is 2. The summed E-state index contributed by atoms with van der Waals surface area (Å²) in [6.45, 7) is 3.03. The zero-order valence-corrected chi connectivity index (χ0v) is 17.5. The molecule has 0 saturated heterocycles. The normalized spacial score (nSPS) is 10.7. The molecule has 5 nitrogen and oxygen atoms in total. The highest BCUT2D eigenvalue weighted by Crippen LogP contribution is 2.30. The van der Waals surface area contributed by atoms with Crippen molar-refractivity contribution in [2.45, 2.75) is 13.3 Å². The first-order chi connectivity index (χ1) is 12.2. The lowest BCUT2D eigenvalue weighted by Crippen LogP contribution is -2.32. The first-order valence-corrected chi connectivity index (χ1v) is 8.19. The van der Waals surface area contributed by atoms with E-state index in [1.807, 2.05) is 31.2 Å². The van der Waals surface area contributed by atoms with Gasteiger partial charge in [0.15, 0.2) is 17.5 Å². The summed E-state index contributed by atoms with van der Waals surface area (Å²) in [6.07, 6.45) is 0.570. The van der Waals surface area contributed by atoms with Gasteiger partial charge in [-0.2, -0.15) is 0 Å².